The number of aromatic nitrogens is 2. The van der Waals surface area contributed by atoms with E-state index in [1.54, 1.807) is 25.1 Å². The Bertz CT molecular complexity index is 650. The Morgan fingerprint density at radius 3 is 2.45 bits per heavy atom. The van der Waals surface area contributed by atoms with Crippen LogP contribution in [0, 0.1) is 6.92 Å². The Morgan fingerprint density at radius 1 is 1.35 bits per heavy atom. The van der Waals surface area contributed by atoms with Gasteiger partial charge in [-0.1, -0.05) is 23.2 Å². The van der Waals surface area contributed by atoms with E-state index in [0.29, 0.717) is 39.3 Å². The van der Waals surface area contributed by atoms with Crippen LogP contribution in [0.15, 0.2) is 18.2 Å². The van der Waals surface area contributed by atoms with E-state index in [1.165, 1.54) is 11.6 Å². The summed E-state index contributed by atoms with van der Waals surface area (Å²) < 4.78 is 7.15. The second kappa shape index (κ2) is 5.89. The van der Waals surface area contributed by atoms with Crippen molar-refractivity contribution in [3.8, 4) is 11.5 Å². The lowest BCUT2D eigenvalue weighted by molar-refractivity contribution is 0.0918. The lowest BCUT2D eigenvalue weighted by Gasteiger charge is -2.07. The summed E-state index contributed by atoms with van der Waals surface area (Å²) in [5.74, 6) is 0.931. The number of carbonyl (C=O) groups excluding carboxylic acids is 1. The van der Waals surface area contributed by atoms with Gasteiger partial charge in [0, 0.05) is 17.0 Å². The van der Waals surface area contributed by atoms with Gasteiger partial charge in [0.25, 0.3) is 0 Å². The highest BCUT2D eigenvalue weighted by atomic mass is 35.5. The zero-order valence-corrected chi connectivity index (χ0v) is 12.9. The van der Waals surface area contributed by atoms with Crippen LogP contribution in [0.1, 0.15) is 23.1 Å². The summed E-state index contributed by atoms with van der Waals surface area (Å²) in [5.41, 5.74) is 1.37. The first kappa shape index (κ1) is 14.9. The van der Waals surface area contributed by atoms with Gasteiger partial charge in [0.05, 0.1) is 11.4 Å². The largest absolute Gasteiger partial charge is 0.453 e. The summed E-state index contributed by atoms with van der Waals surface area (Å²) in [6.07, 6.45) is 0.657. The number of hydrogen-bond acceptors (Lipinski definition) is 3. The van der Waals surface area contributed by atoms with Crippen LogP contribution in [0.3, 0.4) is 0 Å². The predicted octanol–water partition coefficient (Wildman–Crippen LogP) is 3.08. The molecule has 104 valence electrons. The lowest BCUT2D eigenvalue weighted by atomic mass is 10.0. The molecule has 0 saturated heterocycles. The summed E-state index contributed by atoms with van der Waals surface area (Å²) >= 11 is 11.9. The molecule has 0 aliphatic carbocycles. The summed E-state index contributed by atoms with van der Waals surface area (Å²) in [6.45, 7) is 3.24. The Hall–Kier alpha value is -1.46. The molecule has 2 aromatic rings. The van der Waals surface area contributed by atoms with Crippen molar-refractivity contribution in [2.75, 3.05) is 0 Å². The van der Waals surface area contributed by atoms with E-state index in [1.807, 2.05) is 7.85 Å². The van der Waals surface area contributed by atoms with Gasteiger partial charge in [-0.25, -0.2) is 4.68 Å². The van der Waals surface area contributed by atoms with Crippen molar-refractivity contribution in [1.29, 1.82) is 0 Å². The van der Waals surface area contributed by atoms with Gasteiger partial charge in [0.1, 0.15) is 13.6 Å². The fourth-order valence-corrected chi connectivity index (χ4v) is 2.43. The summed E-state index contributed by atoms with van der Waals surface area (Å²) in [6, 6.07) is 4.96. The van der Waals surface area contributed by atoms with Crippen LogP contribution in [0.25, 0.3) is 0 Å². The third-order valence-corrected chi connectivity index (χ3v) is 3.25. The first-order chi connectivity index (χ1) is 9.42. The van der Waals surface area contributed by atoms with Gasteiger partial charge >= 0.3 is 0 Å². The van der Waals surface area contributed by atoms with E-state index in [0.717, 1.165) is 0 Å². The summed E-state index contributed by atoms with van der Waals surface area (Å²) in [5, 5.41) is 5.22. The minimum Gasteiger partial charge on any atom is -0.453 e. The maximum atomic E-state index is 11.5. The van der Waals surface area contributed by atoms with Gasteiger partial charge in [-0.3, -0.25) is 4.79 Å². The number of halogens is 2. The second-order valence-electron chi connectivity index (χ2n) is 4.35. The first-order valence-electron chi connectivity index (χ1n) is 6.15. The molecule has 7 heteroatoms. The smallest absolute Gasteiger partial charge is 0.244 e. The Kier molecular flexibility index (Phi) is 4.40. The fraction of sp³-hybridized carbons (Fsp3) is 0.231. The van der Waals surface area contributed by atoms with Crippen LogP contribution in [0.5, 0.6) is 11.5 Å². The van der Waals surface area contributed by atoms with Gasteiger partial charge in [-0.15, -0.1) is 0 Å². The van der Waals surface area contributed by atoms with Crippen molar-refractivity contribution in [1.82, 2.24) is 9.78 Å². The molecule has 0 unspecified atom stereocenters. The Balaban J connectivity index is 2.44. The quantitative estimate of drug-likeness (QED) is 0.818. The maximum Gasteiger partial charge on any atom is 0.244 e. The SMILES string of the molecule is BCc1nn(C(C)=O)c(C)c1Oc1cc(Cl)cc(Cl)c1. The van der Waals surface area contributed by atoms with E-state index in [-0.39, 0.29) is 5.91 Å². The molecule has 2 rings (SSSR count). The molecular weight excluding hydrogens is 298 g/mol. The molecule has 0 fully saturated rings. The van der Waals surface area contributed by atoms with Crippen LogP contribution < -0.4 is 4.74 Å². The van der Waals surface area contributed by atoms with E-state index < -0.39 is 0 Å². The van der Waals surface area contributed by atoms with Gasteiger partial charge in [-0.05, 0) is 31.4 Å². The lowest BCUT2D eigenvalue weighted by Crippen LogP contribution is -2.09. The maximum absolute atomic E-state index is 11.5. The van der Waals surface area contributed by atoms with Gasteiger partial charge in [-0.2, -0.15) is 5.10 Å². The molecule has 0 radical (unpaired) electrons. The van der Waals surface area contributed by atoms with E-state index in [9.17, 15) is 4.79 Å². The highest BCUT2D eigenvalue weighted by Gasteiger charge is 2.18. The molecule has 0 N–H and O–H groups in total. The summed E-state index contributed by atoms with van der Waals surface area (Å²) in [4.78, 5) is 11.5. The van der Waals surface area contributed by atoms with E-state index in [4.69, 9.17) is 27.9 Å². The van der Waals surface area contributed by atoms with Crippen molar-refractivity contribution in [3.05, 3.63) is 39.6 Å². The number of carbonyl (C=O) groups is 1. The standard InChI is InChI=1S/C13H13BCl2N2O2/c1-7-13(12(6-14)17-18(7)8(2)19)20-11-4-9(15)3-10(16)5-11/h3-5H,6,14H2,1-2H3. The minimum absolute atomic E-state index is 0.156. The van der Waals surface area contributed by atoms with Gasteiger partial charge < -0.3 is 4.74 Å². The molecule has 1 aromatic heterocycles. The highest BCUT2D eigenvalue weighted by Crippen LogP contribution is 2.32. The molecule has 20 heavy (non-hydrogen) atoms. The molecule has 0 bridgehead atoms. The summed E-state index contributed by atoms with van der Waals surface area (Å²) in [7, 11) is 1.95. The third-order valence-electron chi connectivity index (χ3n) is 2.82. The normalized spacial score (nSPS) is 10.6. The monoisotopic (exact) mass is 310 g/mol. The molecular formula is C13H13BCl2N2O2. The average Bonchev–Trinajstić information content (AvgIpc) is 2.65. The number of nitrogens with zero attached hydrogens (tertiary/aromatic N) is 2. The van der Waals surface area contributed by atoms with Crippen LogP contribution >= 0.6 is 23.2 Å². The van der Waals surface area contributed by atoms with Crippen molar-refractivity contribution in [2.45, 2.75) is 20.2 Å². The second-order valence-corrected chi connectivity index (χ2v) is 5.23. The van der Waals surface area contributed by atoms with Crippen LogP contribution in [-0.2, 0) is 6.32 Å². The zero-order valence-electron chi connectivity index (χ0n) is 11.4. The highest BCUT2D eigenvalue weighted by molar-refractivity contribution is 6.34. The molecule has 0 aliphatic heterocycles. The topological polar surface area (TPSA) is 44.1 Å². The van der Waals surface area contributed by atoms with Crippen LogP contribution in [0.2, 0.25) is 10.0 Å². The molecule has 0 saturated carbocycles. The van der Waals surface area contributed by atoms with Crippen molar-refractivity contribution in [3.63, 3.8) is 0 Å². The molecule has 0 atom stereocenters. The Labute approximate surface area is 128 Å². The fourth-order valence-electron chi connectivity index (χ4n) is 1.92. The molecule has 1 heterocycles. The van der Waals surface area contributed by atoms with Crippen molar-refractivity contribution in [2.24, 2.45) is 0 Å². The predicted molar refractivity (Wildman–Crippen MR) is 82.0 cm³/mol. The molecule has 0 spiro atoms. The van der Waals surface area contributed by atoms with E-state index >= 15 is 0 Å². The number of rotatable bonds is 3. The van der Waals surface area contributed by atoms with Gasteiger partial charge in [0.2, 0.25) is 5.91 Å². The molecule has 4 nitrogen and oxygen atoms in total. The molecule has 0 amide bonds. The van der Waals surface area contributed by atoms with Crippen molar-refractivity contribution < 1.29 is 9.53 Å². The van der Waals surface area contributed by atoms with Gasteiger partial charge in [0.15, 0.2) is 5.75 Å². The van der Waals surface area contributed by atoms with Crippen LogP contribution in [0.4, 0.5) is 0 Å². The first-order valence-corrected chi connectivity index (χ1v) is 6.91. The number of benzene rings is 1. The number of hydrogen-bond donors (Lipinski definition) is 0. The minimum atomic E-state index is -0.156. The Morgan fingerprint density at radius 2 is 1.95 bits per heavy atom. The number of ether oxygens (including phenoxy) is 1. The van der Waals surface area contributed by atoms with Crippen LogP contribution in [-0.4, -0.2) is 23.5 Å². The molecule has 1 aromatic carbocycles. The molecule has 0 aliphatic rings. The third kappa shape index (κ3) is 2.99. The zero-order chi connectivity index (χ0) is 14.9. The van der Waals surface area contributed by atoms with Crippen molar-refractivity contribution >= 4 is 37.0 Å². The van der Waals surface area contributed by atoms with E-state index in [2.05, 4.69) is 5.10 Å². The average molecular weight is 311 g/mol.